The number of hydrogen-bond acceptors (Lipinski definition) is 5. The summed E-state index contributed by atoms with van der Waals surface area (Å²) in [5, 5.41) is 4.27. The number of para-hydroxylation sites is 1. The molecule has 0 aliphatic carbocycles. The van der Waals surface area contributed by atoms with Crippen molar-refractivity contribution in [3.8, 4) is 17.0 Å². The summed E-state index contributed by atoms with van der Waals surface area (Å²) in [5.74, 6) is 1.11. The predicted octanol–water partition coefficient (Wildman–Crippen LogP) is 1.90. The van der Waals surface area contributed by atoms with Crippen molar-refractivity contribution in [2.75, 3.05) is 7.11 Å². The van der Waals surface area contributed by atoms with Gasteiger partial charge in [-0.05, 0) is 19.1 Å². The maximum Gasteiger partial charge on any atom is 0.265 e. The van der Waals surface area contributed by atoms with Crippen molar-refractivity contribution >= 4 is 11.1 Å². The van der Waals surface area contributed by atoms with E-state index < -0.39 is 0 Å². The molecular formula is C13H11N3O3. The van der Waals surface area contributed by atoms with E-state index in [1.165, 1.54) is 0 Å². The minimum atomic E-state index is -0.273. The molecule has 0 atom stereocenters. The number of nitrogens with one attached hydrogen (secondary N) is 1. The largest absolute Gasteiger partial charge is 0.496 e. The summed E-state index contributed by atoms with van der Waals surface area (Å²) in [4.78, 5) is 18.8. The van der Waals surface area contributed by atoms with Crippen LogP contribution in [0.1, 0.15) is 5.82 Å². The van der Waals surface area contributed by atoms with Gasteiger partial charge in [-0.25, -0.2) is 0 Å². The van der Waals surface area contributed by atoms with Crippen molar-refractivity contribution in [2.24, 2.45) is 0 Å². The summed E-state index contributed by atoms with van der Waals surface area (Å²) in [6, 6.07) is 7.30. The quantitative estimate of drug-likeness (QED) is 0.758. The summed E-state index contributed by atoms with van der Waals surface area (Å²) in [5.41, 5.74) is 1.08. The van der Waals surface area contributed by atoms with Crippen molar-refractivity contribution in [1.82, 2.24) is 15.1 Å². The van der Waals surface area contributed by atoms with Crippen LogP contribution < -0.4 is 10.3 Å². The van der Waals surface area contributed by atoms with Gasteiger partial charge in [-0.15, -0.1) is 0 Å². The van der Waals surface area contributed by atoms with Gasteiger partial charge in [-0.2, -0.15) is 4.98 Å². The first-order chi connectivity index (χ1) is 9.20. The van der Waals surface area contributed by atoms with Crippen LogP contribution in [0.25, 0.3) is 22.4 Å². The van der Waals surface area contributed by atoms with Crippen molar-refractivity contribution in [3.63, 3.8) is 0 Å². The zero-order chi connectivity index (χ0) is 13.4. The van der Waals surface area contributed by atoms with Crippen LogP contribution in [0.4, 0.5) is 0 Å². The molecule has 0 aliphatic rings. The highest BCUT2D eigenvalue weighted by Crippen LogP contribution is 2.31. The first-order valence-corrected chi connectivity index (χ1v) is 5.70. The van der Waals surface area contributed by atoms with E-state index in [1.54, 1.807) is 20.1 Å². The molecule has 0 radical (unpaired) electrons. The molecule has 2 aromatic heterocycles. The van der Waals surface area contributed by atoms with E-state index in [0.717, 1.165) is 0 Å². The number of ether oxygens (including phenoxy) is 1. The third-order valence-corrected chi connectivity index (χ3v) is 2.83. The van der Waals surface area contributed by atoms with Crippen LogP contribution in [0, 0.1) is 6.92 Å². The van der Waals surface area contributed by atoms with Gasteiger partial charge in [0.2, 0.25) is 0 Å². The van der Waals surface area contributed by atoms with Crippen LogP contribution >= 0.6 is 0 Å². The molecular weight excluding hydrogens is 246 g/mol. The predicted molar refractivity (Wildman–Crippen MR) is 69.1 cm³/mol. The number of benzene rings is 1. The molecule has 0 spiro atoms. The van der Waals surface area contributed by atoms with E-state index in [0.29, 0.717) is 28.2 Å². The lowest BCUT2D eigenvalue weighted by atomic mass is 10.1. The average Bonchev–Trinajstić information content (AvgIpc) is 2.82. The monoisotopic (exact) mass is 257 g/mol. The van der Waals surface area contributed by atoms with Crippen LogP contribution in [0.15, 0.2) is 33.6 Å². The fraction of sp³-hybridized carbons (Fsp3) is 0.154. The van der Waals surface area contributed by atoms with E-state index in [9.17, 15) is 4.79 Å². The first-order valence-electron chi connectivity index (χ1n) is 5.70. The van der Waals surface area contributed by atoms with Crippen LogP contribution in [0.5, 0.6) is 5.75 Å². The Hall–Kier alpha value is -2.63. The van der Waals surface area contributed by atoms with Gasteiger partial charge in [0.15, 0.2) is 0 Å². The van der Waals surface area contributed by atoms with Crippen molar-refractivity contribution in [2.45, 2.75) is 6.92 Å². The van der Waals surface area contributed by atoms with E-state index in [1.807, 2.05) is 18.2 Å². The zero-order valence-corrected chi connectivity index (χ0v) is 10.4. The lowest BCUT2D eigenvalue weighted by Crippen LogP contribution is -2.09. The molecule has 0 bridgehead atoms. The Kier molecular flexibility index (Phi) is 2.56. The standard InChI is InChI=1S/C13H11N3O3/c1-7-14-12(17)10-11(16-19-13(10)15-7)8-5-3-4-6-9(8)18-2/h3-6H,1-2H3,(H,14,15,17). The molecule has 3 rings (SSSR count). The Morgan fingerprint density at radius 3 is 2.89 bits per heavy atom. The van der Waals surface area contributed by atoms with Gasteiger partial charge in [-0.3, -0.25) is 4.79 Å². The minimum absolute atomic E-state index is 0.224. The molecule has 0 saturated heterocycles. The van der Waals surface area contributed by atoms with E-state index in [-0.39, 0.29) is 11.3 Å². The highest BCUT2D eigenvalue weighted by Gasteiger charge is 2.18. The number of aryl methyl sites for hydroxylation is 1. The number of aromatic nitrogens is 3. The Balaban J connectivity index is 2.35. The fourth-order valence-corrected chi connectivity index (χ4v) is 1.99. The topological polar surface area (TPSA) is 81.0 Å². The second kappa shape index (κ2) is 4.24. The first kappa shape index (κ1) is 11.5. The number of hydrogen-bond donors (Lipinski definition) is 1. The number of H-pyrrole nitrogens is 1. The molecule has 1 N–H and O–H groups in total. The Bertz CT molecular complexity index is 804. The van der Waals surface area contributed by atoms with Gasteiger partial charge in [0, 0.05) is 5.56 Å². The Morgan fingerprint density at radius 2 is 2.11 bits per heavy atom. The van der Waals surface area contributed by atoms with Crippen LogP contribution in [-0.2, 0) is 0 Å². The zero-order valence-electron chi connectivity index (χ0n) is 10.4. The minimum Gasteiger partial charge on any atom is -0.496 e. The normalized spacial score (nSPS) is 10.8. The molecule has 0 unspecified atom stereocenters. The molecule has 2 heterocycles. The van der Waals surface area contributed by atoms with Crippen molar-refractivity contribution in [1.29, 1.82) is 0 Å². The maximum atomic E-state index is 12.0. The summed E-state index contributed by atoms with van der Waals surface area (Å²) < 4.78 is 10.4. The number of fused-ring (bicyclic) bond motifs is 1. The van der Waals surface area contributed by atoms with Gasteiger partial charge in [0.25, 0.3) is 11.3 Å². The van der Waals surface area contributed by atoms with Gasteiger partial charge in [0.1, 0.15) is 22.7 Å². The number of nitrogens with zero attached hydrogens (tertiary/aromatic N) is 2. The summed E-state index contributed by atoms with van der Waals surface area (Å²) in [7, 11) is 1.56. The Labute approximate surface area is 108 Å². The number of rotatable bonds is 2. The highest BCUT2D eigenvalue weighted by atomic mass is 16.5. The van der Waals surface area contributed by atoms with Crippen LogP contribution in [-0.4, -0.2) is 22.2 Å². The Morgan fingerprint density at radius 1 is 1.32 bits per heavy atom. The van der Waals surface area contributed by atoms with Gasteiger partial charge in [0.05, 0.1) is 7.11 Å². The third-order valence-electron chi connectivity index (χ3n) is 2.83. The molecule has 6 nitrogen and oxygen atoms in total. The fourth-order valence-electron chi connectivity index (χ4n) is 1.99. The second-order valence-electron chi connectivity index (χ2n) is 4.06. The van der Waals surface area contributed by atoms with Gasteiger partial charge in [-0.1, -0.05) is 17.3 Å². The molecule has 3 aromatic rings. The van der Waals surface area contributed by atoms with Gasteiger partial charge < -0.3 is 14.2 Å². The molecule has 0 fully saturated rings. The highest BCUT2D eigenvalue weighted by molar-refractivity contribution is 5.90. The van der Waals surface area contributed by atoms with Crippen LogP contribution in [0.2, 0.25) is 0 Å². The summed E-state index contributed by atoms with van der Waals surface area (Å²) in [6.07, 6.45) is 0. The molecule has 19 heavy (non-hydrogen) atoms. The summed E-state index contributed by atoms with van der Waals surface area (Å²) in [6.45, 7) is 1.69. The van der Waals surface area contributed by atoms with E-state index in [2.05, 4.69) is 15.1 Å². The van der Waals surface area contributed by atoms with Crippen molar-refractivity contribution < 1.29 is 9.26 Å². The molecule has 0 amide bonds. The third kappa shape index (κ3) is 1.77. The summed E-state index contributed by atoms with van der Waals surface area (Å²) >= 11 is 0. The SMILES string of the molecule is COc1ccccc1-c1noc2nc(C)[nH]c(=O)c12. The van der Waals surface area contributed by atoms with E-state index in [4.69, 9.17) is 9.26 Å². The van der Waals surface area contributed by atoms with E-state index >= 15 is 0 Å². The van der Waals surface area contributed by atoms with Crippen molar-refractivity contribution in [3.05, 3.63) is 40.4 Å². The molecule has 96 valence electrons. The molecule has 0 aliphatic heterocycles. The maximum absolute atomic E-state index is 12.0. The molecule has 6 heteroatoms. The second-order valence-corrected chi connectivity index (χ2v) is 4.06. The number of aromatic amines is 1. The van der Waals surface area contributed by atoms with Crippen LogP contribution in [0.3, 0.4) is 0 Å². The lowest BCUT2D eigenvalue weighted by molar-refractivity contribution is 0.414. The lowest BCUT2D eigenvalue weighted by Gasteiger charge is -2.04. The average molecular weight is 257 g/mol. The van der Waals surface area contributed by atoms with Gasteiger partial charge >= 0.3 is 0 Å². The smallest absolute Gasteiger partial charge is 0.265 e. The molecule has 1 aromatic carbocycles. The number of methoxy groups -OCH3 is 1. The molecule has 0 saturated carbocycles.